The summed E-state index contributed by atoms with van der Waals surface area (Å²) in [4.78, 5) is 34.9. The van der Waals surface area contributed by atoms with E-state index in [9.17, 15) is 19.7 Å². The van der Waals surface area contributed by atoms with Gasteiger partial charge in [-0.15, -0.1) is 0 Å². The summed E-state index contributed by atoms with van der Waals surface area (Å²) in [6.45, 7) is 0. The molecule has 0 bridgehead atoms. The topological polar surface area (TPSA) is 119 Å². The van der Waals surface area contributed by atoms with Gasteiger partial charge in [-0.2, -0.15) is 5.10 Å². The Kier molecular flexibility index (Phi) is 4.78. The lowest BCUT2D eigenvalue weighted by molar-refractivity contribution is -0.384. The first-order valence-electron chi connectivity index (χ1n) is 9.02. The predicted molar refractivity (Wildman–Crippen MR) is 105 cm³/mol. The molecule has 0 saturated heterocycles. The molecule has 1 aliphatic carbocycles. The van der Waals surface area contributed by atoms with E-state index in [-0.39, 0.29) is 23.3 Å². The van der Waals surface area contributed by atoms with Crippen LogP contribution in [0, 0.1) is 10.1 Å². The lowest BCUT2D eigenvalue weighted by atomic mass is 10.2. The first kappa shape index (κ1) is 18.4. The SMILES string of the molecule is O=C(NC1CC1)c1ccc(NC(=O)c2ccn(-c3cccc([N+](=O)[O-])c3)n2)cc1. The summed E-state index contributed by atoms with van der Waals surface area (Å²) < 4.78 is 1.40. The molecule has 1 aliphatic rings. The van der Waals surface area contributed by atoms with Crippen molar-refractivity contribution in [3.63, 3.8) is 0 Å². The number of benzene rings is 2. The number of non-ortho nitro benzene ring substituents is 1. The summed E-state index contributed by atoms with van der Waals surface area (Å²) in [6, 6.07) is 14.4. The van der Waals surface area contributed by atoms with E-state index in [0.29, 0.717) is 16.9 Å². The maximum Gasteiger partial charge on any atom is 0.276 e. The average Bonchev–Trinajstić information content (AvgIpc) is 3.39. The third kappa shape index (κ3) is 4.29. The molecule has 4 rings (SSSR count). The predicted octanol–water partition coefficient (Wildman–Crippen LogP) is 2.93. The number of hydrogen-bond donors (Lipinski definition) is 2. The van der Waals surface area contributed by atoms with Gasteiger partial charge in [0.1, 0.15) is 0 Å². The second-order valence-corrected chi connectivity index (χ2v) is 6.70. The molecule has 0 unspecified atom stereocenters. The zero-order chi connectivity index (χ0) is 20.4. The summed E-state index contributed by atoms with van der Waals surface area (Å²) in [5.74, 6) is -0.551. The Labute approximate surface area is 165 Å². The highest BCUT2D eigenvalue weighted by Gasteiger charge is 2.23. The van der Waals surface area contributed by atoms with E-state index in [1.165, 1.54) is 22.9 Å². The van der Waals surface area contributed by atoms with Gasteiger partial charge in [-0.25, -0.2) is 4.68 Å². The number of carbonyl (C=O) groups is 2. The van der Waals surface area contributed by atoms with Crippen LogP contribution >= 0.6 is 0 Å². The van der Waals surface area contributed by atoms with Crippen LogP contribution in [0.4, 0.5) is 11.4 Å². The number of aromatic nitrogens is 2. The van der Waals surface area contributed by atoms with E-state index < -0.39 is 10.8 Å². The van der Waals surface area contributed by atoms with Crippen LogP contribution in [0.25, 0.3) is 5.69 Å². The van der Waals surface area contributed by atoms with Crippen molar-refractivity contribution in [2.75, 3.05) is 5.32 Å². The Balaban J connectivity index is 1.43. The standard InChI is InChI=1S/C20H17N5O4/c26-19(21-15-8-9-15)13-4-6-14(7-5-13)22-20(27)18-10-11-24(23-18)16-2-1-3-17(12-16)25(28)29/h1-7,10-12,15H,8-9H2,(H,21,26)(H,22,27). The molecule has 0 spiro atoms. The largest absolute Gasteiger partial charge is 0.349 e. The molecule has 2 amide bonds. The molecule has 146 valence electrons. The minimum atomic E-state index is -0.491. The molecule has 9 nitrogen and oxygen atoms in total. The third-order valence-electron chi connectivity index (χ3n) is 4.44. The molecule has 1 aromatic heterocycles. The first-order chi connectivity index (χ1) is 14.0. The normalized spacial score (nSPS) is 13.0. The van der Waals surface area contributed by atoms with E-state index in [1.807, 2.05) is 0 Å². The van der Waals surface area contributed by atoms with E-state index in [4.69, 9.17) is 0 Å². The van der Waals surface area contributed by atoms with Gasteiger partial charge in [0.25, 0.3) is 17.5 Å². The lowest BCUT2D eigenvalue weighted by Crippen LogP contribution is -2.25. The molecular formula is C20H17N5O4. The van der Waals surface area contributed by atoms with Crippen LogP contribution in [0.2, 0.25) is 0 Å². The van der Waals surface area contributed by atoms with Gasteiger partial charge in [-0.1, -0.05) is 6.07 Å². The molecule has 9 heteroatoms. The van der Waals surface area contributed by atoms with Crippen molar-refractivity contribution in [1.29, 1.82) is 0 Å². The lowest BCUT2D eigenvalue weighted by Gasteiger charge is -2.06. The minimum Gasteiger partial charge on any atom is -0.349 e. The van der Waals surface area contributed by atoms with Gasteiger partial charge >= 0.3 is 0 Å². The Hall–Kier alpha value is -4.01. The molecule has 3 aromatic rings. The highest BCUT2D eigenvalue weighted by atomic mass is 16.6. The number of rotatable bonds is 6. The van der Waals surface area contributed by atoms with Crippen molar-refractivity contribution in [3.8, 4) is 5.69 Å². The molecule has 1 fully saturated rings. The van der Waals surface area contributed by atoms with Gasteiger partial charge in [-0.3, -0.25) is 19.7 Å². The highest BCUT2D eigenvalue weighted by molar-refractivity contribution is 6.03. The number of nitro benzene ring substituents is 1. The molecule has 29 heavy (non-hydrogen) atoms. The zero-order valence-electron chi connectivity index (χ0n) is 15.2. The summed E-state index contributed by atoms with van der Waals surface area (Å²) in [7, 11) is 0. The highest BCUT2D eigenvalue weighted by Crippen LogP contribution is 2.20. The summed E-state index contributed by atoms with van der Waals surface area (Å²) in [6.07, 6.45) is 3.59. The van der Waals surface area contributed by atoms with E-state index >= 15 is 0 Å². The van der Waals surface area contributed by atoms with Crippen LogP contribution < -0.4 is 10.6 Å². The molecule has 2 aromatic carbocycles. The number of carbonyl (C=O) groups excluding carboxylic acids is 2. The second kappa shape index (κ2) is 7.55. The van der Waals surface area contributed by atoms with Crippen molar-refractivity contribution < 1.29 is 14.5 Å². The monoisotopic (exact) mass is 391 g/mol. The number of nitrogens with one attached hydrogen (secondary N) is 2. The number of hydrogen-bond acceptors (Lipinski definition) is 5. The fourth-order valence-corrected chi connectivity index (χ4v) is 2.73. The Morgan fingerprint density at radius 1 is 1.07 bits per heavy atom. The minimum absolute atomic E-state index is 0.0604. The first-order valence-corrected chi connectivity index (χ1v) is 9.02. The third-order valence-corrected chi connectivity index (χ3v) is 4.44. The van der Waals surface area contributed by atoms with Gasteiger partial charge in [-0.05, 0) is 49.2 Å². The molecule has 0 aliphatic heterocycles. The van der Waals surface area contributed by atoms with Crippen molar-refractivity contribution in [2.45, 2.75) is 18.9 Å². The maximum absolute atomic E-state index is 12.4. The Bertz CT molecular complexity index is 1090. The van der Waals surface area contributed by atoms with E-state index in [0.717, 1.165) is 12.8 Å². The van der Waals surface area contributed by atoms with Gasteiger partial charge < -0.3 is 10.6 Å². The summed E-state index contributed by atoms with van der Waals surface area (Å²) in [5.41, 5.74) is 1.64. The molecule has 0 radical (unpaired) electrons. The molecule has 2 N–H and O–H groups in total. The van der Waals surface area contributed by atoms with Crippen molar-refractivity contribution >= 4 is 23.2 Å². The maximum atomic E-state index is 12.4. The van der Waals surface area contributed by atoms with Crippen LogP contribution in [0.3, 0.4) is 0 Å². The Morgan fingerprint density at radius 2 is 1.83 bits per heavy atom. The van der Waals surface area contributed by atoms with E-state index in [2.05, 4.69) is 15.7 Å². The number of nitro groups is 1. The van der Waals surface area contributed by atoms with Gasteiger partial charge in [0.2, 0.25) is 0 Å². The number of anilines is 1. The van der Waals surface area contributed by atoms with Crippen LogP contribution in [-0.2, 0) is 0 Å². The summed E-state index contributed by atoms with van der Waals surface area (Å²) in [5, 5.41) is 20.7. The molecular weight excluding hydrogens is 374 g/mol. The summed E-state index contributed by atoms with van der Waals surface area (Å²) >= 11 is 0. The van der Waals surface area contributed by atoms with E-state index in [1.54, 1.807) is 42.6 Å². The molecule has 1 saturated carbocycles. The second-order valence-electron chi connectivity index (χ2n) is 6.70. The van der Waals surface area contributed by atoms with Crippen molar-refractivity contribution in [3.05, 3.63) is 82.2 Å². The zero-order valence-corrected chi connectivity index (χ0v) is 15.2. The van der Waals surface area contributed by atoms with Gasteiger partial charge in [0, 0.05) is 35.6 Å². The smallest absolute Gasteiger partial charge is 0.276 e. The van der Waals surface area contributed by atoms with Crippen LogP contribution in [-0.4, -0.2) is 32.6 Å². The van der Waals surface area contributed by atoms with Crippen molar-refractivity contribution in [2.24, 2.45) is 0 Å². The fourth-order valence-electron chi connectivity index (χ4n) is 2.73. The van der Waals surface area contributed by atoms with Gasteiger partial charge in [0.15, 0.2) is 5.69 Å². The number of amides is 2. The van der Waals surface area contributed by atoms with Crippen LogP contribution in [0.15, 0.2) is 60.8 Å². The fraction of sp³-hybridized carbons (Fsp3) is 0.150. The van der Waals surface area contributed by atoms with Crippen LogP contribution in [0.1, 0.15) is 33.7 Å². The van der Waals surface area contributed by atoms with Gasteiger partial charge in [0.05, 0.1) is 10.6 Å². The average molecular weight is 391 g/mol. The van der Waals surface area contributed by atoms with Crippen LogP contribution in [0.5, 0.6) is 0 Å². The molecule has 1 heterocycles. The molecule has 0 atom stereocenters. The quantitative estimate of drug-likeness (QED) is 0.495. The Morgan fingerprint density at radius 3 is 2.52 bits per heavy atom. The number of nitrogens with zero attached hydrogens (tertiary/aromatic N) is 3. The van der Waals surface area contributed by atoms with Crippen molar-refractivity contribution in [1.82, 2.24) is 15.1 Å².